The second-order valence-corrected chi connectivity index (χ2v) is 5.71. The summed E-state index contributed by atoms with van der Waals surface area (Å²) < 4.78 is 0. The van der Waals surface area contributed by atoms with Crippen LogP contribution >= 0.6 is 12.4 Å². The normalized spacial score (nSPS) is 12.0. The first-order chi connectivity index (χ1) is 11.1. The second-order valence-electron chi connectivity index (χ2n) is 5.71. The first kappa shape index (κ1) is 17.8. The lowest BCUT2D eigenvalue weighted by atomic mass is 10.2. The molecule has 1 aromatic heterocycles. The van der Waals surface area contributed by atoms with Crippen LogP contribution in [0.5, 0.6) is 0 Å². The van der Waals surface area contributed by atoms with E-state index < -0.39 is 0 Å². The lowest BCUT2D eigenvalue weighted by Crippen LogP contribution is -2.15. The molecule has 24 heavy (non-hydrogen) atoms. The molecule has 0 spiro atoms. The third-order valence-corrected chi connectivity index (χ3v) is 3.43. The Bertz CT molecular complexity index is 863. The molecule has 0 fully saturated rings. The number of aliphatic imine (C=N–C) groups is 1. The lowest BCUT2D eigenvalue weighted by molar-refractivity contribution is 0.834. The number of nitrogens with zero attached hydrogens (tertiary/aromatic N) is 2. The van der Waals surface area contributed by atoms with Crippen molar-refractivity contribution >= 4 is 41.4 Å². The number of hydrogen-bond acceptors (Lipinski definition) is 2. The van der Waals surface area contributed by atoms with Gasteiger partial charge in [-0.25, -0.2) is 4.98 Å². The average molecular weight is 341 g/mol. The number of aromatic amines is 1. The maximum absolute atomic E-state index is 6.03. The molecule has 0 atom stereocenters. The zero-order valence-electron chi connectivity index (χ0n) is 13.7. The summed E-state index contributed by atoms with van der Waals surface area (Å²) in [7, 11) is 0. The van der Waals surface area contributed by atoms with E-state index in [1.54, 1.807) is 0 Å². The molecule has 1 heterocycles. The van der Waals surface area contributed by atoms with Crippen molar-refractivity contribution < 1.29 is 0 Å². The molecule has 0 unspecified atom stereocenters. The first-order valence-electron chi connectivity index (χ1n) is 7.68. The third-order valence-electron chi connectivity index (χ3n) is 3.43. The van der Waals surface area contributed by atoms with Crippen molar-refractivity contribution in [3.63, 3.8) is 0 Å². The minimum absolute atomic E-state index is 0. The van der Waals surface area contributed by atoms with Crippen molar-refractivity contribution in [3.8, 4) is 0 Å². The molecule has 0 saturated carbocycles. The van der Waals surface area contributed by atoms with Gasteiger partial charge < -0.3 is 10.7 Å². The van der Waals surface area contributed by atoms with E-state index in [4.69, 9.17) is 5.73 Å². The Morgan fingerprint density at radius 1 is 1.12 bits per heavy atom. The molecule has 3 N–H and O–H groups in total. The molecule has 124 valence electrons. The van der Waals surface area contributed by atoms with Gasteiger partial charge in [0.05, 0.1) is 11.0 Å². The molecule has 0 bridgehead atoms. The van der Waals surface area contributed by atoms with Crippen LogP contribution in [0.25, 0.3) is 23.2 Å². The fourth-order valence-electron chi connectivity index (χ4n) is 2.36. The van der Waals surface area contributed by atoms with Gasteiger partial charge in [-0.2, -0.15) is 0 Å². The predicted molar refractivity (Wildman–Crippen MR) is 105 cm³/mol. The number of halogens is 1. The summed E-state index contributed by atoms with van der Waals surface area (Å²) in [4.78, 5) is 12.3. The van der Waals surface area contributed by atoms with E-state index in [9.17, 15) is 0 Å². The van der Waals surface area contributed by atoms with Crippen LogP contribution in [-0.4, -0.2) is 21.8 Å². The van der Waals surface area contributed by atoms with Crippen LogP contribution < -0.4 is 5.73 Å². The number of amidine groups is 1. The number of aromatic nitrogens is 2. The van der Waals surface area contributed by atoms with Gasteiger partial charge >= 0.3 is 0 Å². The van der Waals surface area contributed by atoms with Crippen molar-refractivity contribution in [2.24, 2.45) is 10.7 Å². The molecule has 0 amide bonds. The standard InChI is InChI=1S/C19H20N4.ClH/c1-13(2)21-19(20)15-9-10-16-17(12-15)23-18(22-16)11-8-14-6-4-3-5-7-14;/h3-13H,1-2H3,(H2,20,21)(H,22,23);1H/b11-8-;. The van der Waals surface area contributed by atoms with E-state index in [0.717, 1.165) is 28.0 Å². The van der Waals surface area contributed by atoms with Crippen LogP contribution in [0.1, 0.15) is 30.8 Å². The number of fused-ring (bicyclic) bond motifs is 1. The minimum Gasteiger partial charge on any atom is -0.383 e. The van der Waals surface area contributed by atoms with Gasteiger partial charge in [-0.1, -0.05) is 36.4 Å². The van der Waals surface area contributed by atoms with E-state index in [-0.39, 0.29) is 18.4 Å². The van der Waals surface area contributed by atoms with E-state index in [1.807, 2.05) is 62.4 Å². The van der Waals surface area contributed by atoms with Gasteiger partial charge in [0.15, 0.2) is 0 Å². The van der Waals surface area contributed by atoms with Crippen molar-refractivity contribution in [2.45, 2.75) is 19.9 Å². The van der Waals surface area contributed by atoms with Crippen molar-refractivity contribution in [3.05, 3.63) is 65.5 Å². The zero-order chi connectivity index (χ0) is 16.2. The first-order valence-corrected chi connectivity index (χ1v) is 7.68. The van der Waals surface area contributed by atoms with E-state index in [2.05, 4.69) is 27.1 Å². The highest BCUT2D eigenvalue weighted by molar-refractivity contribution is 6.00. The summed E-state index contributed by atoms with van der Waals surface area (Å²) in [5, 5.41) is 0. The minimum atomic E-state index is 0. The quantitative estimate of drug-likeness (QED) is 0.550. The molecule has 4 nitrogen and oxygen atoms in total. The van der Waals surface area contributed by atoms with Gasteiger partial charge in [-0.3, -0.25) is 4.99 Å². The van der Waals surface area contributed by atoms with E-state index >= 15 is 0 Å². The summed E-state index contributed by atoms with van der Waals surface area (Å²) in [6, 6.07) is 16.2. The van der Waals surface area contributed by atoms with Crippen molar-refractivity contribution in [2.75, 3.05) is 0 Å². The topological polar surface area (TPSA) is 67.1 Å². The van der Waals surface area contributed by atoms with Crippen molar-refractivity contribution in [1.82, 2.24) is 9.97 Å². The zero-order valence-corrected chi connectivity index (χ0v) is 14.5. The van der Waals surface area contributed by atoms with Crippen LogP contribution in [0.3, 0.4) is 0 Å². The Morgan fingerprint density at radius 3 is 2.58 bits per heavy atom. The third kappa shape index (κ3) is 4.24. The molecule has 5 heteroatoms. The van der Waals surface area contributed by atoms with Crippen LogP contribution in [0.4, 0.5) is 0 Å². The Kier molecular flexibility index (Phi) is 5.77. The SMILES string of the molecule is CC(C)N=C(N)c1ccc2nc(/C=C\c3ccccc3)[nH]c2c1.Cl. The molecule has 0 aliphatic carbocycles. The van der Waals surface area contributed by atoms with E-state index in [1.165, 1.54) is 0 Å². The van der Waals surface area contributed by atoms with E-state index in [0.29, 0.717) is 5.84 Å². The van der Waals surface area contributed by atoms with Crippen LogP contribution in [0.2, 0.25) is 0 Å². The summed E-state index contributed by atoms with van der Waals surface area (Å²) in [5.41, 5.74) is 9.95. The van der Waals surface area contributed by atoms with Gasteiger partial charge in [-0.15, -0.1) is 12.4 Å². The number of rotatable bonds is 4. The maximum atomic E-state index is 6.03. The number of H-pyrrole nitrogens is 1. The Hall–Kier alpha value is -2.59. The molecule has 0 radical (unpaired) electrons. The summed E-state index contributed by atoms with van der Waals surface area (Å²) in [6.07, 6.45) is 4.01. The van der Waals surface area contributed by atoms with Gasteiger partial charge in [0, 0.05) is 11.6 Å². The van der Waals surface area contributed by atoms with Gasteiger partial charge in [0.25, 0.3) is 0 Å². The van der Waals surface area contributed by atoms with Crippen LogP contribution in [-0.2, 0) is 0 Å². The summed E-state index contributed by atoms with van der Waals surface area (Å²) >= 11 is 0. The number of hydrogen-bond donors (Lipinski definition) is 2. The highest BCUT2D eigenvalue weighted by Crippen LogP contribution is 2.15. The van der Waals surface area contributed by atoms with Gasteiger partial charge in [0.1, 0.15) is 11.7 Å². The number of imidazole rings is 1. The highest BCUT2D eigenvalue weighted by Gasteiger charge is 2.05. The number of benzene rings is 2. The van der Waals surface area contributed by atoms with Crippen molar-refractivity contribution in [1.29, 1.82) is 0 Å². The number of nitrogens with one attached hydrogen (secondary N) is 1. The fraction of sp³-hybridized carbons (Fsp3) is 0.158. The summed E-state index contributed by atoms with van der Waals surface area (Å²) in [6.45, 7) is 4.02. The fourth-order valence-corrected chi connectivity index (χ4v) is 2.36. The molecular weight excluding hydrogens is 320 g/mol. The maximum Gasteiger partial charge on any atom is 0.131 e. The Labute approximate surface area is 147 Å². The number of nitrogens with two attached hydrogens (primary N) is 1. The monoisotopic (exact) mass is 340 g/mol. The van der Waals surface area contributed by atoms with Crippen LogP contribution in [0.15, 0.2) is 53.5 Å². The highest BCUT2D eigenvalue weighted by atomic mass is 35.5. The smallest absolute Gasteiger partial charge is 0.131 e. The molecular formula is C19H21ClN4. The van der Waals surface area contributed by atoms with Gasteiger partial charge in [0.2, 0.25) is 0 Å². The lowest BCUT2D eigenvalue weighted by Gasteiger charge is -2.03. The summed E-state index contributed by atoms with van der Waals surface area (Å²) in [5.74, 6) is 1.37. The largest absolute Gasteiger partial charge is 0.383 e. The van der Waals surface area contributed by atoms with Crippen LogP contribution in [0, 0.1) is 0 Å². The molecule has 0 aliphatic heterocycles. The molecule has 2 aromatic carbocycles. The molecule has 0 saturated heterocycles. The predicted octanol–water partition coefficient (Wildman–Crippen LogP) is 4.27. The Balaban J connectivity index is 0.00000208. The Morgan fingerprint density at radius 2 is 1.88 bits per heavy atom. The average Bonchev–Trinajstić information content (AvgIpc) is 2.95. The molecule has 3 rings (SSSR count). The molecule has 0 aliphatic rings. The molecule has 3 aromatic rings. The second kappa shape index (κ2) is 7.79. The van der Waals surface area contributed by atoms with Gasteiger partial charge in [-0.05, 0) is 43.7 Å².